The predicted molar refractivity (Wildman–Crippen MR) is 197 cm³/mol. The van der Waals surface area contributed by atoms with Crippen LogP contribution >= 0.6 is 11.6 Å². The van der Waals surface area contributed by atoms with E-state index in [0.717, 1.165) is 27.9 Å². The Balaban J connectivity index is 0.000000429. The molecular weight excluding hydrogens is 608 g/mol. The van der Waals surface area contributed by atoms with Gasteiger partial charge in [0.1, 0.15) is 11.4 Å². The van der Waals surface area contributed by atoms with Gasteiger partial charge >= 0.3 is 0 Å². The number of Topliss-reactive ketones (excluding diaryl/α,β-unsaturated/α-hetero) is 1. The number of aromatic nitrogens is 4. The second-order valence-electron chi connectivity index (χ2n) is 11.7. The maximum Gasteiger partial charge on any atom is 0.260 e. The van der Waals surface area contributed by atoms with Gasteiger partial charge in [-0.3, -0.25) is 14.3 Å². The van der Waals surface area contributed by atoms with Crippen molar-refractivity contribution in [2.75, 3.05) is 25.5 Å². The lowest BCUT2D eigenvalue weighted by Gasteiger charge is -2.13. The molecule has 8 nitrogen and oxygen atoms in total. The summed E-state index contributed by atoms with van der Waals surface area (Å²) in [5, 5.41) is 4.47. The van der Waals surface area contributed by atoms with Crippen molar-refractivity contribution in [3.05, 3.63) is 99.7 Å². The molecule has 3 aromatic heterocycles. The second kappa shape index (κ2) is 18.1. The summed E-state index contributed by atoms with van der Waals surface area (Å²) in [6.45, 7) is 16.3. The van der Waals surface area contributed by atoms with Crippen LogP contribution in [0.1, 0.15) is 58.7 Å². The lowest BCUT2D eigenvalue weighted by atomic mass is 10.0. The van der Waals surface area contributed by atoms with Crippen LogP contribution in [0, 0.1) is 13.8 Å². The molecule has 0 fully saturated rings. The van der Waals surface area contributed by atoms with Crippen LogP contribution in [-0.4, -0.2) is 50.3 Å². The number of fused-ring (bicyclic) bond motifs is 1. The highest BCUT2D eigenvalue weighted by molar-refractivity contribution is 6.33. The molecule has 0 saturated carbocycles. The number of benzene rings is 2. The summed E-state index contributed by atoms with van der Waals surface area (Å²) >= 11 is 6.68. The highest BCUT2D eigenvalue weighted by atomic mass is 35.5. The second-order valence-corrected chi connectivity index (χ2v) is 12.1. The molecule has 3 heterocycles. The van der Waals surface area contributed by atoms with Gasteiger partial charge in [-0.05, 0) is 103 Å². The number of rotatable bonds is 9. The summed E-state index contributed by atoms with van der Waals surface area (Å²) in [4.78, 5) is 38.8. The monoisotopic (exact) mass is 654 g/mol. The number of anilines is 2. The Kier molecular flexibility index (Phi) is 14.2. The van der Waals surface area contributed by atoms with Crippen molar-refractivity contribution in [1.82, 2.24) is 24.4 Å². The summed E-state index contributed by atoms with van der Waals surface area (Å²) < 4.78 is 1.65. The first-order chi connectivity index (χ1) is 22.5. The summed E-state index contributed by atoms with van der Waals surface area (Å²) in [6.07, 6.45) is 6.10. The maximum absolute atomic E-state index is 13.5. The van der Waals surface area contributed by atoms with Gasteiger partial charge in [0.2, 0.25) is 5.95 Å². The minimum absolute atomic E-state index is 0.147. The summed E-state index contributed by atoms with van der Waals surface area (Å²) in [7, 11) is 2.17. The fourth-order valence-electron chi connectivity index (χ4n) is 4.90. The molecular formula is C38H47ClN6O2. The number of ketones is 1. The number of hydrogen-bond donors (Lipinski definition) is 1. The first kappa shape index (κ1) is 37.1. The number of aryl methyl sites for hydroxylation is 3. The average Bonchev–Trinajstić information content (AvgIpc) is 3.03. The third-order valence-corrected chi connectivity index (χ3v) is 7.48. The Morgan fingerprint density at radius 1 is 0.851 bits per heavy atom. The lowest BCUT2D eigenvalue weighted by molar-refractivity contribution is -0.115. The van der Waals surface area contributed by atoms with Crippen molar-refractivity contribution >= 4 is 40.1 Å². The van der Waals surface area contributed by atoms with Crippen LogP contribution in [0.5, 0.6) is 0 Å². The van der Waals surface area contributed by atoms with Gasteiger partial charge in [-0.25, -0.2) is 4.98 Å². The average molecular weight is 655 g/mol. The third-order valence-electron chi connectivity index (χ3n) is 7.17. The molecule has 0 bridgehead atoms. The molecule has 1 N–H and O–H groups in total. The highest BCUT2D eigenvalue weighted by Crippen LogP contribution is 2.32. The smallest absolute Gasteiger partial charge is 0.260 e. The Bertz CT molecular complexity index is 1810. The molecule has 0 atom stereocenters. The summed E-state index contributed by atoms with van der Waals surface area (Å²) in [6, 6.07) is 19.5. The Morgan fingerprint density at radius 3 is 2.04 bits per heavy atom. The van der Waals surface area contributed by atoms with Gasteiger partial charge in [-0.15, -0.1) is 0 Å². The molecule has 0 saturated heterocycles. The number of pyridine rings is 2. The van der Waals surface area contributed by atoms with Gasteiger partial charge in [0.15, 0.2) is 0 Å². The van der Waals surface area contributed by atoms with Crippen LogP contribution in [0.15, 0.2) is 77.9 Å². The van der Waals surface area contributed by atoms with Gasteiger partial charge in [0.05, 0.1) is 0 Å². The molecule has 0 radical (unpaired) electrons. The molecule has 0 aliphatic rings. The standard InChI is InChI=1S/C28H24ClN5O.C7H17N.C3H6O/c1-4-34-26-21(16-31-28(33-26)32-22-10-5-17(2)6-11-22)13-24(27(34)35)23-12-9-19(14-25(23)29)20-8-7-18(3)30-15-20;1-4-6-8(3)7-5-2;1-3(2)4/h5-16H,4H2,1-3H3,(H,31,32,33);4-7H2,1-3H3;1-2H3. The van der Waals surface area contributed by atoms with Crippen LogP contribution in [-0.2, 0) is 11.3 Å². The van der Waals surface area contributed by atoms with E-state index in [1.54, 1.807) is 10.8 Å². The molecule has 47 heavy (non-hydrogen) atoms. The van der Waals surface area contributed by atoms with Crippen molar-refractivity contribution in [3.8, 4) is 22.3 Å². The third kappa shape index (κ3) is 10.8. The summed E-state index contributed by atoms with van der Waals surface area (Å²) in [5.74, 6) is 0.602. The molecule has 248 valence electrons. The van der Waals surface area contributed by atoms with E-state index >= 15 is 0 Å². The first-order valence-corrected chi connectivity index (χ1v) is 16.5. The highest BCUT2D eigenvalue weighted by Gasteiger charge is 2.15. The number of nitrogens with zero attached hydrogens (tertiary/aromatic N) is 5. The fourth-order valence-corrected chi connectivity index (χ4v) is 5.18. The zero-order chi connectivity index (χ0) is 34.5. The molecule has 0 aliphatic carbocycles. The Labute approximate surface area is 283 Å². The number of hydrogen-bond acceptors (Lipinski definition) is 7. The molecule has 5 rings (SSSR count). The minimum Gasteiger partial charge on any atom is -0.324 e. The van der Waals surface area contributed by atoms with E-state index in [2.05, 4.69) is 46.1 Å². The molecule has 9 heteroatoms. The van der Waals surface area contributed by atoms with Gasteiger partial charge in [0.25, 0.3) is 5.56 Å². The zero-order valence-electron chi connectivity index (χ0n) is 28.9. The van der Waals surface area contributed by atoms with E-state index in [4.69, 9.17) is 11.6 Å². The fraction of sp³-hybridized carbons (Fsp3) is 0.342. The molecule has 0 amide bonds. The van der Waals surface area contributed by atoms with Crippen LogP contribution in [0.4, 0.5) is 11.6 Å². The van der Waals surface area contributed by atoms with Gasteiger partial charge in [0, 0.05) is 57.4 Å². The number of carbonyl (C=O) groups excluding carboxylic acids is 1. The topological polar surface area (TPSA) is 93.0 Å². The minimum atomic E-state index is -0.147. The summed E-state index contributed by atoms with van der Waals surface area (Å²) in [5.41, 5.74) is 6.53. The number of nitrogens with one attached hydrogen (secondary N) is 1. The maximum atomic E-state index is 13.5. The van der Waals surface area contributed by atoms with E-state index < -0.39 is 0 Å². The van der Waals surface area contributed by atoms with Crippen LogP contribution in [0.2, 0.25) is 5.02 Å². The van der Waals surface area contributed by atoms with Crippen molar-refractivity contribution in [2.45, 2.75) is 67.9 Å². The van der Waals surface area contributed by atoms with Crippen molar-refractivity contribution in [2.24, 2.45) is 0 Å². The number of carbonyl (C=O) groups is 1. The van der Waals surface area contributed by atoms with Crippen molar-refractivity contribution < 1.29 is 4.79 Å². The van der Waals surface area contributed by atoms with Crippen LogP contribution < -0.4 is 10.9 Å². The van der Waals surface area contributed by atoms with Gasteiger partial charge in [-0.2, -0.15) is 4.98 Å². The van der Waals surface area contributed by atoms with E-state index in [-0.39, 0.29) is 11.3 Å². The van der Waals surface area contributed by atoms with E-state index in [9.17, 15) is 9.59 Å². The lowest BCUT2D eigenvalue weighted by Crippen LogP contribution is -2.22. The molecule has 0 unspecified atom stereocenters. The van der Waals surface area contributed by atoms with Crippen LogP contribution in [0.25, 0.3) is 33.3 Å². The Morgan fingerprint density at radius 2 is 1.49 bits per heavy atom. The zero-order valence-corrected chi connectivity index (χ0v) is 29.7. The molecule has 0 spiro atoms. The molecule has 2 aromatic carbocycles. The van der Waals surface area contributed by atoms with Gasteiger partial charge < -0.3 is 15.0 Å². The van der Waals surface area contributed by atoms with E-state index in [1.807, 2.05) is 87.6 Å². The SMILES string of the molecule is CC(C)=O.CCCN(C)CCC.CCn1c(=O)c(-c2ccc(-c3ccc(C)nc3)cc2Cl)cc2cnc(Nc3ccc(C)cc3)nc21. The predicted octanol–water partition coefficient (Wildman–Crippen LogP) is 8.89. The van der Waals surface area contributed by atoms with E-state index in [0.29, 0.717) is 34.3 Å². The Hall–Kier alpha value is -4.40. The normalized spacial score (nSPS) is 10.6. The van der Waals surface area contributed by atoms with Crippen molar-refractivity contribution in [1.29, 1.82) is 0 Å². The molecule has 0 aliphatic heterocycles. The van der Waals surface area contributed by atoms with Gasteiger partial charge in [-0.1, -0.05) is 61.3 Å². The largest absolute Gasteiger partial charge is 0.324 e. The van der Waals surface area contributed by atoms with Crippen molar-refractivity contribution in [3.63, 3.8) is 0 Å². The quantitative estimate of drug-likeness (QED) is 0.170. The number of halogens is 1. The van der Waals surface area contributed by atoms with E-state index in [1.165, 1.54) is 45.3 Å². The molecule has 5 aromatic rings. The first-order valence-electron chi connectivity index (χ1n) is 16.1. The van der Waals surface area contributed by atoms with Crippen LogP contribution in [0.3, 0.4) is 0 Å².